The average Bonchev–Trinajstić information content (AvgIpc) is 2.82. The van der Waals surface area contributed by atoms with Gasteiger partial charge in [-0.1, -0.05) is 6.92 Å². The Balaban J connectivity index is 2.72. The van der Waals surface area contributed by atoms with Crippen LogP contribution in [0.2, 0.25) is 0 Å². The van der Waals surface area contributed by atoms with Gasteiger partial charge in [0.15, 0.2) is 0 Å². The molecule has 20 heavy (non-hydrogen) atoms. The molecule has 0 fully saturated rings. The Morgan fingerprint density at radius 2 is 2.15 bits per heavy atom. The number of nitrogens with one attached hydrogen (secondary N) is 1. The van der Waals surface area contributed by atoms with Crippen LogP contribution in [0.15, 0.2) is 18.3 Å². The van der Waals surface area contributed by atoms with Crippen LogP contribution in [0.4, 0.5) is 0 Å². The van der Waals surface area contributed by atoms with Crippen molar-refractivity contribution in [3.8, 4) is 0 Å². The summed E-state index contributed by atoms with van der Waals surface area (Å²) in [6.07, 6.45) is 2.51. The molecule has 0 saturated heterocycles. The Morgan fingerprint density at radius 3 is 2.70 bits per heavy atom. The number of nitrogens with zero attached hydrogens (tertiary/aromatic N) is 1. The van der Waals surface area contributed by atoms with Gasteiger partial charge in [-0.2, -0.15) is 0 Å². The molecule has 0 bridgehead atoms. The van der Waals surface area contributed by atoms with Crippen molar-refractivity contribution in [3.63, 3.8) is 0 Å². The normalized spacial score (nSPS) is 11.8. The Morgan fingerprint density at radius 1 is 1.45 bits per heavy atom. The smallest absolute Gasteiger partial charge is 0.326 e. The molecule has 1 atom stereocenters. The molecule has 1 aromatic rings. The highest BCUT2D eigenvalue weighted by Gasteiger charge is 2.22. The van der Waals surface area contributed by atoms with Gasteiger partial charge in [-0.05, 0) is 25.0 Å². The van der Waals surface area contributed by atoms with Crippen molar-refractivity contribution in [2.75, 3.05) is 0 Å². The quantitative estimate of drug-likeness (QED) is 0.637. The maximum atomic E-state index is 12.0. The number of aliphatic carboxylic acids is 1. The second-order valence-corrected chi connectivity index (χ2v) is 4.46. The number of carboxylic acid groups (broad SMARTS) is 1. The van der Waals surface area contributed by atoms with Gasteiger partial charge < -0.3 is 20.7 Å². The van der Waals surface area contributed by atoms with Crippen LogP contribution in [0, 0.1) is 0 Å². The fourth-order valence-corrected chi connectivity index (χ4v) is 1.83. The first-order chi connectivity index (χ1) is 9.45. The minimum absolute atomic E-state index is 0.0229. The van der Waals surface area contributed by atoms with Crippen LogP contribution in [-0.2, 0) is 16.1 Å². The van der Waals surface area contributed by atoms with Crippen molar-refractivity contribution in [2.45, 2.75) is 38.8 Å². The van der Waals surface area contributed by atoms with E-state index in [9.17, 15) is 14.4 Å². The Labute approximate surface area is 116 Å². The first-order valence-corrected chi connectivity index (χ1v) is 6.42. The molecule has 2 amide bonds. The first-order valence-electron chi connectivity index (χ1n) is 6.42. The third kappa shape index (κ3) is 4.42. The number of carbonyl (C=O) groups is 3. The van der Waals surface area contributed by atoms with Gasteiger partial charge >= 0.3 is 5.97 Å². The standard InChI is InChI=1S/C13H19N3O4/c1-2-7-16-8-3-4-10(16)12(18)15-9(13(19)20)5-6-11(14)17/h3-4,8-9H,2,5-7H2,1H3,(H2,14,17)(H,15,18)(H,19,20)/t9-/m1/s1. The van der Waals surface area contributed by atoms with E-state index in [-0.39, 0.29) is 12.8 Å². The molecule has 7 heteroatoms. The van der Waals surface area contributed by atoms with Gasteiger partial charge in [0, 0.05) is 19.2 Å². The molecule has 1 rings (SSSR count). The van der Waals surface area contributed by atoms with Crippen LogP contribution in [0.5, 0.6) is 0 Å². The van der Waals surface area contributed by atoms with Crippen molar-refractivity contribution < 1.29 is 19.5 Å². The largest absolute Gasteiger partial charge is 0.480 e. The molecule has 0 aliphatic carbocycles. The summed E-state index contributed by atoms with van der Waals surface area (Å²) in [6, 6.07) is 2.22. The molecule has 0 aromatic carbocycles. The molecule has 0 unspecified atom stereocenters. The van der Waals surface area contributed by atoms with E-state index in [1.165, 1.54) is 0 Å². The lowest BCUT2D eigenvalue weighted by atomic mass is 10.1. The molecule has 0 aliphatic rings. The van der Waals surface area contributed by atoms with Crippen molar-refractivity contribution >= 4 is 17.8 Å². The van der Waals surface area contributed by atoms with E-state index in [4.69, 9.17) is 10.8 Å². The van der Waals surface area contributed by atoms with Gasteiger partial charge in [-0.25, -0.2) is 4.79 Å². The fraction of sp³-hybridized carbons (Fsp3) is 0.462. The third-order valence-electron chi connectivity index (χ3n) is 2.81. The summed E-state index contributed by atoms with van der Waals surface area (Å²) in [5.74, 6) is -2.26. The lowest BCUT2D eigenvalue weighted by molar-refractivity contribution is -0.139. The molecular weight excluding hydrogens is 262 g/mol. The minimum atomic E-state index is -1.19. The number of hydrogen-bond donors (Lipinski definition) is 3. The fourth-order valence-electron chi connectivity index (χ4n) is 1.83. The molecule has 7 nitrogen and oxygen atoms in total. The van der Waals surface area contributed by atoms with Crippen molar-refractivity contribution in [2.24, 2.45) is 5.73 Å². The van der Waals surface area contributed by atoms with Crippen LogP contribution < -0.4 is 11.1 Å². The predicted octanol–water partition coefficient (Wildman–Crippen LogP) is 0.347. The number of hydrogen-bond acceptors (Lipinski definition) is 3. The number of amides is 2. The molecule has 110 valence electrons. The van der Waals surface area contributed by atoms with Crippen LogP contribution in [0.1, 0.15) is 36.7 Å². The summed E-state index contributed by atoms with van der Waals surface area (Å²) in [6.45, 7) is 2.66. The summed E-state index contributed by atoms with van der Waals surface area (Å²) in [5, 5.41) is 11.4. The van der Waals surface area contributed by atoms with Gasteiger partial charge in [0.25, 0.3) is 5.91 Å². The Bertz CT molecular complexity index is 496. The number of nitrogens with two attached hydrogens (primary N) is 1. The maximum Gasteiger partial charge on any atom is 0.326 e. The van der Waals surface area contributed by atoms with Crippen LogP contribution in [-0.4, -0.2) is 33.5 Å². The zero-order valence-corrected chi connectivity index (χ0v) is 11.3. The molecule has 0 radical (unpaired) electrons. The highest BCUT2D eigenvalue weighted by molar-refractivity contribution is 5.95. The molecule has 0 saturated carbocycles. The number of rotatable bonds is 8. The van der Waals surface area contributed by atoms with Crippen LogP contribution in [0.25, 0.3) is 0 Å². The lowest BCUT2D eigenvalue weighted by Crippen LogP contribution is -2.42. The molecule has 0 aliphatic heterocycles. The molecular formula is C13H19N3O4. The first kappa shape index (κ1) is 15.7. The van der Waals surface area contributed by atoms with Crippen molar-refractivity contribution in [1.29, 1.82) is 0 Å². The zero-order chi connectivity index (χ0) is 15.1. The predicted molar refractivity (Wildman–Crippen MR) is 72.0 cm³/mol. The Hall–Kier alpha value is -2.31. The van der Waals surface area contributed by atoms with Gasteiger partial charge in [0.2, 0.25) is 5.91 Å². The number of aryl methyl sites for hydroxylation is 1. The second kappa shape index (κ2) is 7.32. The molecule has 4 N–H and O–H groups in total. The van der Waals surface area contributed by atoms with Gasteiger partial charge in [0.05, 0.1) is 0 Å². The number of carboxylic acids is 1. The summed E-state index contributed by atoms with van der Waals surface area (Å²) >= 11 is 0. The van der Waals surface area contributed by atoms with E-state index >= 15 is 0 Å². The minimum Gasteiger partial charge on any atom is -0.480 e. The average molecular weight is 281 g/mol. The maximum absolute atomic E-state index is 12.0. The van der Waals surface area contributed by atoms with E-state index in [1.54, 1.807) is 22.9 Å². The Kier molecular flexibility index (Phi) is 5.76. The summed E-state index contributed by atoms with van der Waals surface area (Å²) in [4.78, 5) is 33.8. The zero-order valence-electron chi connectivity index (χ0n) is 11.3. The molecule has 1 aromatic heterocycles. The van der Waals surface area contributed by atoms with Gasteiger partial charge in [-0.15, -0.1) is 0 Å². The van der Waals surface area contributed by atoms with Gasteiger partial charge in [-0.3, -0.25) is 9.59 Å². The van der Waals surface area contributed by atoms with E-state index in [2.05, 4.69) is 5.32 Å². The van der Waals surface area contributed by atoms with Crippen molar-refractivity contribution in [1.82, 2.24) is 9.88 Å². The second-order valence-electron chi connectivity index (χ2n) is 4.46. The monoisotopic (exact) mass is 281 g/mol. The molecule has 1 heterocycles. The van der Waals surface area contributed by atoms with E-state index in [0.29, 0.717) is 12.2 Å². The highest BCUT2D eigenvalue weighted by atomic mass is 16.4. The molecule has 0 spiro atoms. The number of aromatic nitrogens is 1. The van der Waals surface area contributed by atoms with Gasteiger partial charge in [0.1, 0.15) is 11.7 Å². The third-order valence-corrected chi connectivity index (χ3v) is 2.81. The summed E-state index contributed by atoms with van der Waals surface area (Å²) < 4.78 is 1.75. The highest BCUT2D eigenvalue weighted by Crippen LogP contribution is 2.06. The summed E-state index contributed by atoms with van der Waals surface area (Å²) in [7, 11) is 0. The number of carbonyl (C=O) groups excluding carboxylic acids is 2. The van der Waals surface area contributed by atoms with Crippen LogP contribution >= 0.6 is 0 Å². The topological polar surface area (TPSA) is 114 Å². The summed E-state index contributed by atoms with van der Waals surface area (Å²) in [5.41, 5.74) is 5.38. The van der Waals surface area contributed by atoms with E-state index in [0.717, 1.165) is 6.42 Å². The lowest BCUT2D eigenvalue weighted by Gasteiger charge is -2.14. The van der Waals surface area contributed by atoms with E-state index < -0.39 is 23.8 Å². The van der Waals surface area contributed by atoms with Crippen LogP contribution in [0.3, 0.4) is 0 Å². The van der Waals surface area contributed by atoms with E-state index in [1.807, 2.05) is 6.92 Å². The number of primary amides is 1. The van der Waals surface area contributed by atoms with Crippen molar-refractivity contribution in [3.05, 3.63) is 24.0 Å². The SMILES string of the molecule is CCCn1cccc1C(=O)N[C@H](CCC(N)=O)C(=O)O.